The maximum Gasteiger partial charge on any atom is 0.377 e. The highest BCUT2D eigenvalue weighted by Gasteiger charge is 2.30. The summed E-state index contributed by atoms with van der Waals surface area (Å²) < 4.78 is 9.96. The normalized spacial score (nSPS) is 26.3. The first-order valence-electron chi connectivity index (χ1n) is 7.83. The Balaban J connectivity index is 1.88. The summed E-state index contributed by atoms with van der Waals surface area (Å²) in [6.45, 7) is 7.64. The smallest absolute Gasteiger partial charge is 0.377 e. The summed E-state index contributed by atoms with van der Waals surface area (Å²) in [5, 5.41) is 6.62. The van der Waals surface area contributed by atoms with Gasteiger partial charge in [-0.1, -0.05) is 31.8 Å². The third-order valence-corrected chi connectivity index (χ3v) is 4.52. The van der Waals surface area contributed by atoms with Crippen LogP contribution in [0.15, 0.2) is 10.6 Å². The molecule has 1 fully saturated rings. The molecule has 0 aromatic carbocycles. The first-order valence-corrected chi connectivity index (χ1v) is 7.83. The van der Waals surface area contributed by atoms with Gasteiger partial charge >= 0.3 is 5.97 Å². The van der Waals surface area contributed by atoms with Crippen LogP contribution in [0.25, 0.3) is 0 Å². The summed E-state index contributed by atoms with van der Waals surface area (Å²) in [5.74, 6) is 0.0901. The highest BCUT2D eigenvalue weighted by atomic mass is 16.6. The Bertz CT molecular complexity index is 540. The lowest BCUT2D eigenvalue weighted by atomic mass is 9.78. The minimum absolute atomic E-state index is 0.0109. The van der Waals surface area contributed by atoms with Crippen molar-refractivity contribution in [3.8, 4) is 0 Å². The van der Waals surface area contributed by atoms with Crippen LogP contribution in [0.5, 0.6) is 0 Å². The number of carbonyl (C=O) groups excluding carboxylic acids is 2. The second-order valence-corrected chi connectivity index (χ2v) is 6.26. The van der Waals surface area contributed by atoms with E-state index in [-0.39, 0.29) is 17.7 Å². The molecule has 0 spiro atoms. The molecule has 0 radical (unpaired) electrons. The maximum atomic E-state index is 12.2. The molecule has 2 rings (SSSR count). The molecule has 1 aromatic rings. The standard InChI is InChI=1S/C16H24N2O4/c1-9-6-5-7-13(11(9)3)17-15(19)12(4)21-16(20)14-8-10(2)18-22-14/h8-9,11-13H,5-7H2,1-4H3,(H,17,19)/t9-,11-,12-,13+/m0/s1. The van der Waals surface area contributed by atoms with Gasteiger partial charge < -0.3 is 14.6 Å². The zero-order valence-electron chi connectivity index (χ0n) is 13.6. The molecule has 0 aliphatic heterocycles. The summed E-state index contributed by atoms with van der Waals surface area (Å²) in [7, 11) is 0. The Hall–Kier alpha value is -1.85. The van der Waals surface area contributed by atoms with E-state index in [1.807, 2.05) is 0 Å². The molecule has 1 aliphatic carbocycles. The number of hydrogen-bond donors (Lipinski definition) is 1. The fraction of sp³-hybridized carbons (Fsp3) is 0.688. The van der Waals surface area contributed by atoms with Crippen LogP contribution >= 0.6 is 0 Å². The van der Waals surface area contributed by atoms with Gasteiger partial charge in [-0.3, -0.25) is 4.79 Å². The van der Waals surface area contributed by atoms with Crippen molar-refractivity contribution < 1.29 is 18.8 Å². The van der Waals surface area contributed by atoms with Gasteiger partial charge in [0.2, 0.25) is 5.76 Å². The van der Waals surface area contributed by atoms with Crippen molar-refractivity contribution >= 4 is 11.9 Å². The van der Waals surface area contributed by atoms with Crippen LogP contribution in [-0.4, -0.2) is 29.2 Å². The van der Waals surface area contributed by atoms with Gasteiger partial charge in [0.25, 0.3) is 5.91 Å². The van der Waals surface area contributed by atoms with E-state index in [0.29, 0.717) is 17.5 Å². The van der Waals surface area contributed by atoms with Gasteiger partial charge in [-0.15, -0.1) is 0 Å². The predicted molar refractivity (Wildman–Crippen MR) is 80.2 cm³/mol. The molecule has 1 saturated carbocycles. The molecule has 1 N–H and O–H groups in total. The summed E-state index contributed by atoms with van der Waals surface area (Å²) in [4.78, 5) is 24.0. The Morgan fingerprint density at radius 2 is 2.14 bits per heavy atom. The van der Waals surface area contributed by atoms with Crippen LogP contribution in [0.1, 0.15) is 56.3 Å². The molecule has 6 heteroatoms. The second-order valence-electron chi connectivity index (χ2n) is 6.26. The van der Waals surface area contributed by atoms with E-state index in [1.165, 1.54) is 12.5 Å². The topological polar surface area (TPSA) is 81.4 Å². The Labute approximate surface area is 130 Å². The highest BCUT2D eigenvalue weighted by Crippen LogP contribution is 2.29. The van der Waals surface area contributed by atoms with E-state index in [2.05, 4.69) is 24.3 Å². The van der Waals surface area contributed by atoms with Crippen LogP contribution in [0.4, 0.5) is 0 Å². The number of carbonyl (C=O) groups is 2. The molecule has 122 valence electrons. The number of amides is 1. The molecule has 0 unspecified atom stereocenters. The van der Waals surface area contributed by atoms with Crippen LogP contribution in [0.3, 0.4) is 0 Å². The fourth-order valence-corrected chi connectivity index (χ4v) is 2.82. The van der Waals surface area contributed by atoms with Crippen LogP contribution in [-0.2, 0) is 9.53 Å². The average Bonchev–Trinajstić information content (AvgIpc) is 2.90. The highest BCUT2D eigenvalue weighted by molar-refractivity contribution is 5.90. The third-order valence-electron chi connectivity index (χ3n) is 4.52. The fourth-order valence-electron chi connectivity index (χ4n) is 2.82. The molecular formula is C16H24N2O4. The van der Waals surface area contributed by atoms with E-state index < -0.39 is 12.1 Å². The number of aryl methyl sites for hydroxylation is 1. The molecule has 0 bridgehead atoms. The molecule has 0 saturated heterocycles. The number of hydrogen-bond acceptors (Lipinski definition) is 5. The lowest BCUT2D eigenvalue weighted by molar-refractivity contribution is -0.130. The van der Waals surface area contributed by atoms with Gasteiger partial charge in [-0.25, -0.2) is 4.79 Å². The monoisotopic (exact) mass is 308 g/mol. The minimum atomic E-state index is -0.859. The van der Waals surface area contributed by atoms with Gasteiger partial charge in [-0.2, -0.15) is 0 Å². The minimum Gasteiger partial charge on any atom is -0.447 e. The molecule has 1 heterocycles. The van der Waals surface area contributed by atoms with Crippen molar-refractivity contribution in [2.24, 2.45) is 11.8 Å². The largest absolute Gasteiger partial charge is 0.447 e. The van der Waals surface area contributed by atoms with E-state index in [1.54, 1.807) is 13.8 Å². The summed E-state index contributed by atoms with van der Waals surface area (Å²) in [6.07, 6.45) is 2.42. The summed E-state index contributed by atoms with van der Waals surface area (Å²) in [5.41, 5.74) is 0.592. The predicted octanol–water partition coefficient (Wildman–Crippen LogP) is 2.47. The molecule has 1 aromatic heterocycles. The Morgan fingerprint density at radius 1 is 1.41 bits per heavy atom. The van der Waals surface area contributed by atoms with E-state index in [4.69, 9.17) is 9.26 Å². The van der Waals surface area contributed by atoms with E-state index in [9.17, 15) is 9.59 Å². The first-order chi connectivity index (χ1) is 10.4. The van der Waals surface area contributed by atoms with Crippen molar-refractivity contribution in [1.29, 1.82) is 0 Å². The Morgan fingerprint density at radius 3 is 2.77 bits per heavy atom. The third kappa shape index (κ3) is 3.87. The molecule has 22 heavy (non-hydrogen) atoms. The van der Waals surface area contributed by atoms with Gasteiger partial charge in [0.1, 0.15) is 0 Å². The van der Waals surface area contributed by atoms with Crippen LogP contribution in [0, 0.1) is 18.8 Å². The van der Waals surface area contributed by atoms with Crippen molar-refractivity contribution in [2.75, 3.05) is 0 Å². The van der Waals surface area contributed by atoms with Crippen LogP contribution < -0.4 is 5.32 Å². The number of aromatic nitrogens is 1. The molecule has 1 aliphatic rings. The van der Waals surface area contributed by atoms with Crippen molar-refractivity contribution in [2.45, 2.75) is 59.1 Å². The quantitative estimate of drug-likeness (QED) is 0.864. The zero-order valence-corrected chi connectivity index (χ0v) is 13.6. The van der Waals surface area contributed by atoms with Gasteiger partial charge in [-0.05, 0) is 32.1 Å². The number of esters is 1. The number of nitrogens with one attached hydrogen (secondary N) is 1. The molecule has 1 amide bonds. The first kappa shape index (κ1) is 16.5. The average molecular weight is 308 g/mol. The maximum absolute atomic E-state index is 12.2. The van der Waals surface area contributed by atoms with E-state index >= 15 is 0 Å². The zero-order chi connectivity index (χ0) is 16.3. The molecular weight excluding hydrogens is 284 g/mol. The van der Waals surface area contributed by atoms with Gasteiger partial charge in [0.05, 0.1) is 5.69 Å². The molecule has 4 atom stereocenters. The summed E-state index contributed by atoms with van der Waals surface area (Å²) >= 11 is 0. The van der Waals surface area contributed by atoms with Crippen molar-refractivity contribution in [3.63, 3.8) is 0 Å². The van der Waals surface area contributed by atoms with Gasteiger partial charge in [0.15, 0.2) is 6.10 Å². The Kier molecular flexibility index (Phi) is 5.21. The summed E-state index contributed by atoms with van der Waals surface area (Å²) in [6, 6.07) is 1.63. The van der Waals surface area contributed by atoms with Crippen molar-refractivity contribution in [1.82, 2.24) is 10.5 Å². The number of ether oxygens (including phenoxy) is 1. The van der Waals surface area contributed by atoms with Gasteiger partial charge in [0, 0.05) is 12.1 Å². The van der Waals surface area contributed by atoms with Crippen molar-refractivity contribution in [3.05, 3.63) is 17.5 Å². The SMILES string of the molecule is Cc1cc(C(=O)O[C@@H](C)C(=O)N[C@@H]2CCC[C@H](C)[C@@H]2C)on1. The van der Waals surface area contributed by atoms with Crippen LogP contribution in [0.2, 0.25) is 0 Å². The number of nitrogens with zero attached hydrogens (tertiary/aromatic N) is 1. The molecule has 6 nitrogen and oxygen atoms in total. The van der Waals surface area contributed by atoms with E-state index in [0.717, 1.165) is 12.8 Å². The lowest BCUT2D eigenvalue weighted by Crippen LogP contribution is -2.47. The number of rotatable bonds is 4. The lowest BCUT2D eigenvalue weighted by Gasteiger charge is -2.35. The second kappa shape index (κ2) is 6.94.